The van der Waals surface area contributed by atoms with Crippen LogP contribution in [0, 0.1) is 0 Å². The van der Waals surface area contributed by atoms with Gasteiger partial charge in [-0.15, -0.1) is 0 Å². The number of hydrogen-bond donors (Lipinski definition) is 0. The van der Waals surface area contributed by atoms with E-state index >= 15 is 0 Å². The van der Waals surface area contributed by atoms with Crippen LogP contribution < -0.4 is 0 Å². The van der Waals surface area contributed by atoms with Crippen LogP contribution in [0.25, 0.3) is 0 Å². The molecule has 0 amide bonds. The fourth-order valence-corrected chi connectivity index (χ4v) is 1.62. The van der Waals surface area contributed by atoms with Crippen molar-refractivity contribution in [3.63, 3.8) is 0 Å². The number of nitrogens with zero attached hydrogens (tertiary/aromatic N) is 1. The van der Waals surface area contributed by atoms with Crippen LogP contribution in [0.3, 0.4) is 0 Å². The highest BCUT2D eigenvalue weighted by molar-refractivity contribution is 5.39. The van der Waals surface area contributed by atoms with E-state index in [1.807, 2.05) is 6.92 Å². The summed E-state index contributed by atoms with van der Waals surface area (Å²) in [4.78, 5) is 2.13. The highest BCUT2D eigenvalue weighted by Gasteiger charge is 2.15. The molecule has 0 aromatic carbocycles. The minimum absolute atomic E-state index is 0.919. The van der Waals surface area contributed by atoms with Gasteiger partial charge in [-0.3, -0.25) is 0 Å². The smallest absolute Gasteiger partial charge is 0.142 e. The van der Waals surface area contributed by atoms with Crippen LogP contribution in [0.1, 0.15) is 34.1 Å². The van der Waals surface area contributed by atoms with Crippen LogP contribution in [-0.4, -0.2) is 12.0 Å². The first-order valence-electron chi connectivity index (χ1n) is 5.68. The molecule has 1 aliphatic heterocycles. The van der Waals surface area contributed by atoms with E-state index in [4.69, 9.17) is 4.74 Å². The maximum Gasteiger partial charge on any atom is 0.142 e. The average Bonchev–Trinajstić information content (AvgIpc) is 2.28. The summed E-state index contributed by atoms with van der Waals surface area (Å²) in [5.74, 6) is 0.919. The Morgan fingerprint density at radius 3 is 2.69 bits per heavy atom. The van der Waals surface area contributed by atoms with Gasteiger partial charge in [0.15, 0.2) is 0 Å². The average molecular weight is 219 g/mol. The molecule has 2 nitrogen and oxygen atoms in total. The van der Waals surface area contributed by atoms with Gasteiger partial charge >= 0.3 is 0 Å². The normalized spacial score (nSPS) is 19.7. The van der Waals surface area contributed by atoms with Crippen molar-refractivity contribution < 1.29 is 4.74 Å². The Morgan fingerprint density at radius 2 is 2.19 bits per heavy atom. The number of hydrogen-bond acceptors (Lipinski definition) is 2. The standard InChI is InChI=1S/C14H21NO/c1-6-11(3)9-15-10-12(4)8-14(16-5)13(15)7-2/h7-10H,6H2,1-5H3/b11-9+,13-7+. The molecule has 0 saturated carbocycles. The number of allylic oxidation sites excluding steroid dienone is 4. The molecule has 1 aliphatic rings. The van der Waals surface area contributed by atoms with E-state index in [0.717, 1.165) is 17.9 Å². The largest absolute Gasteiger partial charge is 0.495 e. The highest BCUT2D eigenvalue weighted by Crippen LogP contribution is 2.25. The summed E-state index contributed by atoms with van der Waals surface area (Å²) in [5, 5.41) is 0. The van der Waals surface area contributed by atoms with E-state index in [2.05, 4.69) is 50.2 Å². The predicted molar refractivity (Wildman–Crippen MR) is 68.5 cm³/mol. The summed E-state index contributed by atoms with van der Waals surface area (Å²) in [7, 11) is 1.71. The van der Waals surface area contributed by atoms with Gasteiger partial charge in [-0.25, -0.2) is 0 Å². The predicted octanol–water partition coefficient (Wildman–Crippen LogP) is 3.95. The van der Waals surface area contributed by atoms with E-state index in [-0.39, 0.29) is 0 Å². The van der Waals surface area contributed by atoms with Crippen molar-refractivity contribution in [1.82, 2.24) is 4.90 Å². The molecule has 1 rings (SSSR count). The van der Waals surface area contributed by atoms with E-state index < -0.39 is 0 Å². The zero-order valence-electron chi connectivity index (χ0n) is 10.9. The Morgan fingerprint density at radius 1 is 1.50 bits per heavy atom. The molecule has 1 heterocycles. The molecular weight excluding hydrogens is 198 g/mol. The highest BCUT2D eigenvalue weighted by atomic mass is 16.5. The van der Waals surface area contributed by atoms with E-state index in [9.17, 15) is 0 Å². The molecule has 0 atom stereocenters. The van der Waals surface area contributed by atoms with Gasteiger partial charge in [0.1, 0.15) is 5.76 Å². The molecule has 0 aromatic heterocycles. The van der Waals surface area contributed by atoms with Gasteiger partial charge in [-0.2, -0.15) is 0 Å². The topological polar surface area (TPSA) is 12.5 Å². The minimum atomic E-state index is 0.919. The lowest BCUT2D eigenvalue weighted by Crippen LogP contribution is -2.16. The number of methoxy groups -OCH3 is 1. The summed E-state index contributed by atoms with van der Waals surface area (Å²) >= 11 is 0. The Bertz CT molecular complexity index is 372. The van der Waals surface area contributed by atoms with Crippen LogP contribution in [0.15, 0.2) is 47.2 Å². The second kappa shape index (κ2) is 5.59. The third-order valence-corrected chi connectivity index (χ3v) is 2.64. The van der Waals surface area contributed by atoms with Gasteiger partial charge in [-0.1, -0.05) is 18.6 Å². The van der Waals surface area contributed by atoms with Gasteiger partial charge < -0.3 is 9.64 Å². The monoisotopic (exact) mass is 219 g/mol. The van der Waals surface area contributed by atoms with Crippen LogP contribution in [-0.2, 0) is 4.74 Å². The lowest BCUT2D eigenvalue weighted by atomic mass is 10.1. The molecule has 0 spiro atoms. The molecule has 0 aromatic rings. The molecule has 0 fully saturated rings. The minimum Gasteiger partial charge on any atom is -0.495 e. The molecule has 88 valence electrons. The lowest BCUT2D eigenvalue weighted by Gasteiger charge is -2.26. The van der Waals surface area contributed by atoms with E-state index in [1.54, 1.807) is 7.11 Å². The van der Waals surface area contributed by atoms with Crippen molar-refractivity contribution in [2.45, 2.75) is 34.1 Å². The summed E-state index contributed by atoms with van der Waals surface area (Å²) in [6.07, 6.45) is 9.47. The zero-order chi connectivity index (χ0) is 12.1. The molecule has 16 heavy (non-hydrogen) atoms. The van der Waals surface area contributed by atoms with Crippen molar-refractivity contribution >= 4 is 0 Å². The SMILES string of the molecule is C/C=C1\C(OC)=CC(C)=CN1/C=C(\C)CC. The molecule has 0 N–H and O–H groups in total. The third-order valence-electron chi connectivity index (χ3n) is 2.64. The summed E-state index contributed by atoms with van der Waals surface area (Å²) in [5.41, 5.74) is 3.64. The van der Waals surface area contributed by atoms with Gasteiger partial charge in [0.25, 0.3) is 0 Å². The molecule has 0 unspecified atom stereocenters. The second-order valence-corrected chi connectivity index (χ2v) is 4.00. The Hall–Kier alpha value is -1.44. The quantitative estimate of drug-likeness (QED) is 0.712. The maximum atomic E-state index is 5.39. The molecule has 0 radical (unpaired) electrons. The fourth-order valence-electron chi connectivity index (χ4n) is 1.62. The number of rotatable bonds is 3. The van der Waals surface area contributed by atoms with Gasteiger partial charge in [0.05, 0.1) is 12.8 Å². The number of ether oxygens (including phenoxy) is 1. The summed E-state index contributed by atoms with van der Waals surface area (Å²) in [6.45, 7) is 8.41. The molecule has 0 saturated heterocycles. The Labute approximate surface area is 98.6 Å². The molecular formula is C14H21NO. The first-order valence-corrected chi connectivity index (χ1v) is 5.68. The Kier molecular flexibility index (Phi) is 4.41. The van der Waals surface area contributed by atoms with Gasteiger partial charge in [-0.05, 0) is 38.8 Å². The van der Waals surface area contributed by atoms with Crippen molar-refractivity contribution in [1.29, 1.82) is 0 Å². The first kappa shape index (κ1) is 12.6. The maximum absolute atomic E-state index is 5.39. The summed E-state index contributed by atoms with van der Waals surface area (Å²) < 4.78 is 5.39. The van der Waals surface area contributed by atoms with Crippen molar-refractivity contribution in [2.75, 3.05) is 7.11 Å². The fraction of sp³-hybridized carbons (Fsp3) is 0.429. The van der Waals surface area contributed by atoms with Gasteiger partial charge in [0, 0.05) is 12.4 Å². The van der Waals surface area contributed by atoms with Gasteiger partial charge in [0.2, 0.25) is 0 Å². The zero-order valence-corrected chi connectivity index (χ0v) is 10.9. The molecule has 2 heteroatoms. The molecule has 0 aliphatic carbocycles. The van der Waals surface area contributed by atoms with Crippen molar-refractivity contribution in [3.8, 4) is 0 Å². The van der Waals surface area contributed by atoms with Crippen molar-refractivity contribution in [2.24, 2.45) is 0 Å². The van der Waals surface area contributed by atoms with E-state index in [1.165, 1.54) is 11.1 Å². The molecule has 0 bridgehead atoms. The van der Waals surface area contributed by atoms with Crippen LogP contribution in [0.5, 0.6) is 0 Å². The van der Waals surface area contributed by atoms with E-state index in [0.29, 0.717) is 0 Å². The summed E-state index contributed by atoms with van der Waals surface area (Å²) in [6, 6.07) is 0. The first-order chi connectivity index (χ1) is 7.62. The van der Waals surface area contributed by atoms with Crippen molar-refractivity contribution in [3.05, 3.63) is 47.2 Å². The van der Waals surface area contributed by atoms with Crippen LogP contribution in [0.2, 0.25) is 0 Å². The van der Waals surface area contributed by atoms with Crippen LogP contribution >= 0.6 is 0 Å². The van der Waals surface area contributed by atoms with Crippen LogP contribution in [0.4, 0.5) is 0 Å². The lowest BCUT2D eigenvalue weighted by molar-refractivity contribution is 0.283. The second-order valence-electron chi connectivity index (χ2n) is 4.00. The Balaban J connectivity index is 3.07. The third kappa shape index (κ3) is 2.78.